The summed E-state index contributed by atoms with van der Waals surface area (Å²) < 4.78 is 0. The molecule has 0 radical (unpaired) electrons. The number of hydrogen-bond donors (Lipinski definition) is 0. The summed E-state index contributed by atoms with van der Waals surface area (Å²) in [7, 11) is 0. The Balaban J connectivity index is 2.37. The lowest BCUT2D eigenvalue weighted by Gasteiger charge is -1.95. The zero-order valence-corrected chi connectivity index (χ0v) is 8.49. The van der Waals surface area contributed by atoms with E-state index >= 15 is 0 Å². The summed E-state index contributed by atoms with van der Waals surface area (Å²) in [6.07, 6.45) is 2.46. The minimum absolute atomic E-state index is 0.393. The predicted octanol–water partition coefficient (Wildman–Crippen LogP) is 2.49. The van der Waals surface area contributed by atoms with Crippen LogP contribution in [0.2, 0.25) is 0 Å². The molecule has 0 bridgehead atoms. The number of pyridine rings is 1. The normalized spacial score (nSPS) is 9.53. The first-order valence-corrected chi connectivity index (χ1v) is 5.11. The molecule has 2 heterocycles. The standard InChI is InChI=1S/C11H6N2OS/c12-4-10-2-1-8(5-13-10)9-3-11(6-14)15-7-9/h1-3,5-7H. The van der Waals surface area contributed by atoms with Crippen LogP contribution in [-0.4, -0.2) is 11.3 Å². The second-order valence-electron chi connectivity index (χ2n) is 2.90. The molecule has 0 aliphatic carbocycles. The number of rotatable bonds is 2. The number of carbonyl (C=O) groups is 1. The Morgan fingerprint density at radius 2 is 2.27 bits per heavy atom. The van der Waals surface area contributed by atoms with E-state index in [0.717, 1.165) is 17.4 Å². The fourth-order valence-electron chi connectivity index (χ4n) is 1.20. The first-order valence-electron chi connectivity index (χ1n) is 4.24. The highest BCUT2D eigenvalue weighted by molar-refractivity contribution is 7.12. The quantitative estimate of drug-likeness (QED) is 0.722. The summed E-state index contributed by atoms with van der Waals surface area (Å²) in [6, 6.07) is 7.25. The topological polar surface area (TPSA) is 53.8 Å². The molecule has 3 nitrogen and oxygen atoms in total. The van der Waals surface area contributed by atoms with Gasteiger partial charge in [-0.3, -0.25) is 4.79 Å². The molecule has 0 aromatic carbocycles. The molecular formula is C11H6N2OS. The lowest BCUT2D eigenvalue weighted by Crippen LogP contribution is -1.82. The lowest BCUT2D eigenvalue weighted by atomic mass is 10.1. The maximum absolute atomic E-state index is 10.5. The van der Waals surface area contributed by atoms with Crippen LogP contribution in [-0.2, 0) is 0 Å². The van der Waals surface area contributed by atoms with Gasteiger partial charge in [-0.2, -0.15) is 5.26 Å². The van der Waals surface area contributed by atoms with Crippen molar-refractivity contribution < 1.29 is 4.79 Å². The van der Waals surface area contributed by atoms with Crippen molar-refractivity contribution in [3.63, 3.8) is 0 Å². The molecule has 2 rings (SSSR count). The van der Waals surface area contributed by atoms with Crippen molar-refractivity contribution in [3.05, 3.63) is 40.3 Å². The van der Waals surface area contributed by atoms with Crippen LogP contribution in [0, 0.1) is 11.3 Å². The van der Waals surface area contributed by atoms with E-state index in [1.54, 1.807) is 18.3 Å². The SMILES string of the molecule is N#Cc1ccc(-c2csc(C=O)c2)cn1. The van der Waals surface area contributed by atoms with Crippen LogP contribution in [0.4, 0.5) is 0 Å². The van der Waals surface area contributed by atoms with Gasteiger partial charge in [-0.25, -0.2) is 4.98 Å². The fraction of sp³-hybridized carbons (Fsp3) is 0. The van der Waals surface area contributed by atoms with Crippen molar-refractivity contribution in [3.8, 4) is 17.2 Å². The first kappa shape index (κ1) is 9.56. The number of aromatic nitrogens is 1. The third-order valence-electron chi connectivity index (χ3n) is 1.95. The van der Waals surface area contributed by atoms with Gasteiger partial charge in [-0.05, 0) is 29.1 Å². The van der Waals surface area contributed by atoms with Gasteiger partial charge in [0.05, 0.1) is 4.88 Å². The number of thiophene rings is 1. The van der Waals surface area contributed by atoms with Crippen LogP contribution in [0.15, 0.2) is 29.8 Å². The van der Waals surface area contributed by atoms with Gasteiger partial charge in [0.1, 0.15) is 11.8 Å². The Bertz CT molecular complexity index is 522. The van der Waals surface area contributed by atoms with E-state index in [4.69, 9.17) is 5.26 Å². The number of aldehydes is 1. The Kier molecular flexibility index (Phi) is 2.57. The zero-order chi connectivity index (χ0) is 10.7. The van der Waals surface area contributed by atoms with Gasteiger partial charge in [0.15, 0.2) is 6.29 Å². The van der Waals surface area contributed by atoms with Crippen molar-refractivity contribution in [1.29, 1.82) is 5.26 Å². The van der Waals surface area contributed by atoms with Crippen LogP contribution in [0.5, 0.6) is 0 Å². The van der Waals surface area contributed by atoms with Gasteiger partial charge in [-0.15, -0.1) is 11.3 Å². The van der Waals surface area contributed by atoms with Crippen LogP contribution in [0.3, 0.4) is 0 Å². The maximum atomic E-state index is 10.5. The average molecular weight is 214 g/mol. The van der Waals surface area contributed by atoms with Gasteiger partial charge in [0.2, 0.25) is 0 Å². The Morgan fingerprint density at radius 3 is 2.80 bits per heavy atom. The highest BCUT2D eigenvalue weighted by Crippen LogP contribution is 2.23. The van der Waals surface area contributed by atoms with Crippen LogP contribution in [0.25, 0.3) is 11.1 Å². The Hall–Kier alpha value is -1.99. The van der Waals surface area contributed by atoms with Crippen LogP contribution >= 0.6 is 11.3 Å². The third-order valence-corrected chi connectivity index (χ3v) is 2.81. The van der Waals surface area contributed by atoms with Crippen molar-refractivity contribution in [2.24, 2.45) is 0 Å². The van der Waals surface area contributed by atoms with E-state index in [1.165, 1.54) is 11.3 Å². The minimum atomic E-state index is 0.393. The first-order chi connectivity index (χ1) is 7.33. The van der Waals surface area contributed by atoms with Gasteiger partial charge in [0, 0.05) is 11.8 Å². The number of nitrogens with zero attached hydrogens (tertiary/aromatic N) is 2. The molecule has 0 aliphatic rings. The number of carbonyl (C=O) groups excluding carboxylic acids is 1. The summed E-state index contributed by atoms with van der Waals surface area (Å²) >= 11 is 1.39. The fourth-order valence-corrected chi connectivity index (χ4v) is 1.91. The molecule has 0 aliphatic heterocycles. The average Bonchev–Trinajstić information content (AvgIpc) is 2.78. The summed E-state index contributed by atoms with van der Waals surface area (Å²) in [4.78, 5) is 15.2. The molecule has 15 heavy (non-hydrogen) atoms. The second kappa shape index (κ2) is 4.03. The van der Waals surface area contributed by atoms with E-state index in [-0.39, 0.29) is 0 Å². The third kappa shape index (κ3) is 1.92. The van der Waals surface area contributed by atoms with E-state index in [0.29, 0.717) is 10.6 Å². The smallest absolute Gasteiger partial charge is 0.160 e. The highest BCUT2D eigenvalue weighted by atomic mass is 32.1. The van der Waals surface area contributed by atoms with Gasteiger partial charge < -0.3 is 0 Å². The lowest BCUT2D eigenvalue weighted by molar-refractivity contribution is 0.112. The molecule has 0 N–H and O–H groups in total. The molecule has 72 valence electrons. The molecule has 0 atom stereocenters. The van der Waals surface area contributed by atoms with Gasteiger partial charge in [0.25, 0.3) is 0 Å². The van der Waals surface area contributed by atoms with Crippen LogP contribution < -0.4 is 0 Å². The van der Waals surface area contributed by atoms with E-state index in [1.807, 2.05) is 17.5 Å². The Morgan fingerprint density at radius 1 is 1.40 bits per heavy atom. The summed E-state index contributed by atoms with van der Waals surface area (Å²) in [5.74, 6) is 0. The predicted molar refractivity (Wildman–Crippen MR) is 57.7 cm³/mol. The molecule has 0 saturated heterocycles. The van der Waals surface area contributed by atoms with Crippen molar-refractivity contribution in [2.45, 2.75) is 0 Å². The summed E-state index contributed by atoms with van der Waals surface area (Å²) in [6.45, 7) is 0. The number of hydrogen-bond acceptors (Lipinski definition) is 4. The van der Waals surface area contributed by atoms with E-state index < -0.39 is 0 Å². The molecule has 0 amide bonds. The molecule has 2 aromatic rings. The molecule has 0 saturated carbocycles. The highest BCUT2D eigenvalue weighted by Gasteiger charge is 2.02. The van der Waals surface area contributed by atoms with Crippen molar-refractivity contribution in [2.75, 3.05) is 0 Å². The maximum Gasteiger partial charge on any atom is 0.160 e. The van der Waals surface area contributed by atoms with E-state index in [2.05, 4.69) is 4.98 Å². The van der Waals surface area contributed by atoms with Crippen LogP contribution in [0.1, 0.15) is 15.4 Å². The second-order valence-corrected chi connectivity index (χ2v) is 3.84. The van der Waals surface area contributed by atoms with Gasteiger partial charge >= 0.3 is 0 Å². The largest absolute Gasteiger partial charge is 0.297 e. The summed E-state index contributed by atoms with van der Waals surface area (Å²) in [5, 5.41) is 10.5. The van der Waals surface area contributed by atoms with Gasteiger partial charge in [-0.1, -0.05) is 0 Å². The molecular weight excluding hydrogens is 208 g/mol. The minimum Gasteiger partial charge on any atom is -0.297 e. The number of nitriles is 1. The monoisotopic (exact) mass is 214 g/mol. The zero-order valence-electron chi connectivity index (χ0n) is 7.68. The van der Waals surface area contributed by atoms with Crippen molar-refractivity contribution >= 4 is 17.6 Å². The Labute approximate surface area is 90.6 Å². The molecule has 0 spiro atoms. The van der Waals surface area contributed by atoms with Crippen molar-refractivity contribution in [1.82, 2.24) is 4.98 Å². The molecule has 0 fully saturated rings. The van der Waals surface area contributed by atoms with E-state index in [9.17, 15) is 4.79 Å². The molecule has 4 heteroatoms. The summed E-state index contributed by atoms with van der Waals surface area (Å²) in [5.41, 5.74) is 2.27. The molecule has 2 aromatic heterocycles. The molecule has 0 unspecified atom stereocenters.